The molecular formula is C14H22N6O. The lowest BCUT2D eigenvalue weighted by molar-refractivity contribution is -0.0219. The molecule has 7 heteroatoms. The second-order valence-electron chi connectivity index (χ2n) is 5.44. The highest BCUT2D eigenvalue weighted by Crippen LogP contribution is 2.20. The first kappa shape index (κ1) is 14.2. The van der Waals surface area contributed by atoms with Crippen LogP contribution in [-0.2, 0) is 18.3 Å². The van der Waals surface area contributed by atoms with Gasteiger partial charge in [-0.3, -0.25) is 9.58 Å². The monoisotopic (exact) mass is 290 g/mol. The molecule has 1 unspecified atom stereocenters. The summed E-state index contributed by atoms with van der Waals surface area (Å²) in [5.74, 6) is 1.70. The van der Waals surface area contributed by atoms with Gasteiger partial charge in [0.25, 0.3) is 0 Å². The molecule has 0 aliphatic carbocycles. The van der Waals surface area contributed by atoms with Crippen LogP contribution in [0.5, 0.6) is 0 Å². The quantitative estimate of drug-likeness (QED) is 0.906. The Bertz CT molecular complexity index is 625. The van der Waals surface area contributed by atoms with Crippen molar-refractivity contribution < 1.29 is 4.74 Å². The molecule has 1 atom stereocenters. The molecule has 0 saturated carbocycles. The summed E-state index contributed by atoms with van der Waals surface area (Å²) in [6.07, 6.45) is 2.08. The number of nitrogens with zero attached hydrogens (tertiary/aromatic N) is 5. The van der Waals surface area contributed by atoms with Gasteiger partial charge in [0.15, 0.2) is 5.65 Å². The van der Waals surface area contributed by atoms with E-state index < -0.39 is 0 Å². The van der Waals surface area contributed by atoms with E-state index in [-0.39, 0.29) is 6.10 Å². The summed E-state index contributed by atoms with van der Waals surface area (Å²) in [6, 6.07) is 0. The number of ether oxygens (including phenoxy) is 1. The Labute approximate surface area is 124 Å². The molecule has 0 radical (unpaired) electrons. The van der Waals surface area contributed by atoms with Crippen molar-refractivity contribution in [2.24, 2.45) is 7.05 Å². The Morgan fingerprint density at radius 1 is 1.43 bits per heavy atom. The van der Waals surface area contributed by atoms with Crippen molar-refractivity contribution in [2.75, 3.05) is 31.6 Å². The van der Waals surface area contributed by atoms with Crippen molar-refractivity contribution in [1.82, 2.24) is 24.6 Å². The third kappa shape index (κ3) is 2.98. The van der Waals surface area contributed by atoms with Crippen molar-refractivity contribution in [1.29, 1.82) is 0 Å². The molecule has 1 fully saturated rings. The van der Waals surface area contributed by atoms with Gasteiger partial charge in [-0.15, -0.1) is 0 Å². The van der Waals surface area contributed by atoms with Crippen LogP contribution in [0.2, 0.25) is 0 Å². The molecule has 7 nitrogen and oxygen atoms in total. The Morgan fingerprint density at radius 2 is 2.29 bits per heavy atom. The first-order valence-electron chi connectivity index (χ1n) is 7.43. The number of nitrogens with one attached hydrogen (secondary N) is 1. The number of anilines is 1. The van der Waals surface area contributed by atoms with Crippen molar-refractivity contribution in [3.05, 3.63) is 12.0 Å². The van der Waals surface area contributed by atoms with E-state index in [4.69, 9.17) is 4.74 Å². The minimum absolute atomic E-state index is 0.271. The van der Waals surface area contributed by atoms with Crippen molar-refractivity contribution in [3.63, 3.8) is 0 Å². The largest absolute Gasteiger partial charge is 0.376 e. The van der Waals surface area contributed by atoms with Crippen LogP contribution in [0.15, 0.2) is 6.20 Å². The maximum Gasteiger partial charge on any atom is 0.163 e. The average molecular weight is 290 g/mol. The van der Waals surface area contributed by atoms with Crippen molar-refractivity contribution in [2.45, 2.75) is 26.5 Å². The Balaban J connectivity index is 1.89. The maximum atomic E-state index is 5.58. The zero-order chi connectivity index (χ0) is 14.8. The SMILES string of the molecule is CCNc1nc(CN2CCOC(C)C2)nc2c1cnn2C. The molecule has 1 N–H and O–H groups in total. The average Bonchev–Trinajstić information content (AvgIpc) is 2.81. The second-order valence-corrected chi connectivity index (χ2v) is 5.44. The topological polar surface area (TPSA) is 68.1 Å². The number of rotatable bonds is 4. The summed E-state index contributed by atoms with van der Waals surface area (Å²) >= 11 is 0. The van der Waals surface area contributed by atoms with Gasteiger partial charge >= 0.3 is 0 Å². The van der Waals surface area contributed by atoms with Gasteiger partial charge in [0.2, 0.25) is 0 Å². The summed E-state index contributed by atoms with van der Waals surface area (Å²) in [7, 11) is 1.91. The number of fused-ring (bicyclic) bond motifs is 1. The van der Waals surface area contributed by atoms with Gasteiger partial charge in [-0.05, 0) is 13.8 Å². The van der Waals surface area contributed by atoms with Crippen LogP contribution in [0.4, 0.5) is 5.82 Å². The van der Waals surface area contributed by atoms with Gasteiger partial charge in [0, 0.05) is 26.7 Å². The molecule has 1 saturated heterocycles. The predicted octanol–water partition coefficient (Wildman–Crippen LogP) is 1.02. The molecule has 21 heavy (non-hydrogen) atoms. The molecule has 1 aliphatic rings. The molecule has 3 heterocycles. The Morgan fingerprint density at radius 3 is 3.05 bits per heavy atom. The lowest BCUT2D eigenvalue weighted by Crippen LogP contribution is -2.40. The maximum absolute atomic E-state index is 5.58. The normalized spacial score (nSPS) is 20.0. The molecule has 0 spiro atoms. The Hall–Kier alpha value is -1.73. The third-order valence-corrected chi connectivity index (χ3v) is 3.67. The lowest BCUT2D eigenvalue weighted by atomic mass is 10.3. The zero-order valence-electron chi connectivity index (χ0n) is 12.8. The van der Waals surface area contributed by atoms with E-state index >= 15 is 0 Å². The van der Waals surface area contributed by atoms with Crippen LogP contribution in [0.1, 0.15) is 19.7 Å². The van der Waals surface area contributed by atoms with E-state index in [1.165, 1.54) is 0 Å². The van der Waals surface area contributed by atoms with Gasteiger partial charge in [-0.25, -0.2) is 9.97 Å². The van der Waals surface area contributed by atoms with E-state index in [2.05, 4.69) is 39.1 Å². The lowest BCUT2D eigenvalue weighted by Gasteiger charge is -2.30. The van der Waals surface area contributed by atoms with Gasteiger partial charge < -0.3 is 10.1 Å². The van der Waals surface area contributed by atoms with Crippen LogP contribution < -0.4 is 5.32 Å². The first-order valence-corrected chi connectivity index (χ1v) is 7.43. The summed E-state index contributed by atoms with van der Waals surface area (Å²) in [4.78, 5) is 11.7. The molecule has 0 bridgehead atoms. The molecule has 2 aromatic heterocycles. The van der Waals surface area contributed by atoms with Crippen LogP contribution in [-0.4, -0.2) is 57.0 Å². The Kier molecular flexibility index (Phi) is 4.03. The second kappa shape index (κ2) is 5.95. The van der Waals surface area contributed by atoms with Crippen LogP contribution in [0.3, 0.4) is 0 Å². The minimum Gasteiger partial charge on any atom is -0.376 e. The highest BCUT2D eigenvalue weighted by Gasteiger charge is 2.19. The van der Waals surface area contributed by atoms with Crippen molar-refractivity contribution >= 4 is 16.9 Å². The van der Waals surface area contributed by atoms with Crippen LogP contribution in [0, 0.1) is 0 Å². The number of hydrogen-bond acceptors (Lipinski definition) is 6. The summed E-state index contributed by atoms with van der Waals surface area (Å²) in [6.45, 7) is 8.35. The molecule has 3 rings (SSSR count). The molecule has 1 aliphatic heterocycles. The summed E-state index contributed by atoms with van der Waals surface area (Å²) < 4.78 is 7.37. The summed E-state index contributed by atoms with van der Waals surface area (Å²) in [5, 5.41) is 8.55. The van der Waals surface area contributed by atoms with E-state index in [9.17, 15) is 0 Å². The fourth-order valence-electron chi connectivity index (χ4n) is 2.67. The standard InChI is InChI=1S/C14H22N6O/c1-4-15-13-11-7-16-19(3)14(11)18-12(17-13)9-20-5-6-21-10(2)8-20/h7,10H,4-6,8-9H2,1-3H3,(H,15,17,18). The number of aryl methyl sites for hydroxylation is 1. The number of aromatic nitrogens is 4. The molecule has 114 valence electrons. The van der Waals surface area contributed by atoms with Gasteiger partial charge in [-0.1, -0.05) is 0 Å². The molecule has 0 aromatic carbocycles. The van der Waals surface area contributed by atoms with Gasteiger partial charge in [0.05, 0.1) is 30.8 Å². The molecular weight excluding hydrogens is 268 g/mol. The van der Waals surface area contributed by atoms with Crippen LogP contribution in [0.25, 0.3) is 11.0 Å². The predicted molar refractivity (Wildman–Crippen MR) is 81.2 cm³/mol. The fourth-order valence-corrected chi connectivity index (χ4v) is 2.67. The van der Waals surface area contributed by atoms with Crippen LogP contribution >= 0.6 is 0 Å². The third-order valence-electron chi connectivity index (χ3n) is 3.67. The molecule has 2 aromatic rings. The smallest absolute Gasteiger partial charge is 0.163 e. The number of morpholine rings is 1. The molecule has 0 amide bonds. The zero-order valence-corrected chi connectivity index (χ0v) is 12.8. The summed E-state index contributed by atoms with van der Waals surface area (Å²) in [5.41, 5.74) is 0.872. The fraction of sp³-hybridized carbons (Fsp3) is 0.643. The highest BCUT2D eigenvalue weighted by atomic mass is 16.5. The van der Waals surface area contributed by atoms with E-state index in [0.29, 0.717) is 0 Å². The van der Waals surface area contributed by atoms with Gasteiger partial charge in [-0.2, -0.15) is 5.10 Å². The number of hydrogen-bond donors (Lipinski definition) is 1. The minimum atomic E-state index is 0.271. The van der Waals surface area contributed by atoms with E-state index in [0.717, 1.165) is 55.5 Å². The van der Waals surface area contributed by atoms with Gasteiger partial charge in [0.1, 0.15) is 11.6 Å². The van der Waals surface area contributed by atoms with E-state index in [1.54, 1.807) is 4.68 Å². The highest BCUT2D eigenvalue weighted by molar-refractivity contribution is 5.86. The van der Waals surface area contributed by atoms with Crippen molar-refractivity contribution in [3.8, 4) is 0 Å². The van der Waals surface area contributed by atoms with E-state index in [1.807, 2.05) is 13.2 Å². The first-order chi connectivity index (χ1) is 10.2.